The summed E-state index contributed by atoms with van der Waals surface area (Å²) in [5.74, 6) is 1.85. The van der Waals surface area contributed by atoms with E-state index >= 15 is 0 Å². The summed E-state index contributed by atoms with van der Waals surface area (Å²) in [5, 5.41) is 11.7. The maximum absolute atomic E-state index is 12.5. The third-order valence-corrected chi connectivity index (χ3v) is 5.04. The maximum atomic E-state index is 12.5. The van der Waals surface area contributed by atoms with Gasteiger partial charge in [0, 0.05) is 36.9 Å². The zero-order valence-electron chi connectivity index (χ0n) is 16.0. The molecule has 2 heterocycles. The molecule has 6 heteroatoms. The molecule has 0 spiro atoms. The van der Waals surface area contributed by atoms with Gasteiger partial charge in [-0.2, -0.15) is 0 Å². The number of amides is 1. The lowest BCUT2D eigenvalue weighted by molar-refractivity contribution is 0.102. The van der Waals surface area contributed by atoms with Gasteiger partial charge in [-0.25, -0.2) is 0 Å². The van der Waals surface area contributed by atoms with Gasteiger partial charge in [-0.3, -0.25) is 4.79 Å². The van der Waals surface area contributed by atoms with Crippen molar-refractivity contribution in [1.82, 2.24) is 14.8 Å². The van der Waals surface area contributed by atoms with Crippen LogP contribution in [-0.2, 0) is 24.3 Å². The van der Waals surface area contributed by atoms with Gasteiger partial charge >= 0.3 is 0 Å². The monoisotopic (exact) mass is 376 g/mol. The average Bonchev–Trinajstić information content (AvgIpc) is 2.97. The number of nitrogens with zero attached hydrogens (tertiary/aromatic N) is 3. The molecule has 1 aliphatic heterocycles. The van der Waals surface area contributed by atoms with Crippen LogP contribution in [0.1, 0.15) is 41.0 Å². The number of rotatable bonds is 5. The van der Waals surface area contributed by atoms with Crippen molar-refractivity contribution in [1.29, 1.82) is 0 Å². The van der Waals surface area contributed by atoms with Crippen LogP contribution in [0.3, 0.4) is 0 Å². The first-order chi connectivity index (χ1) is 13.7. The van der Waals surface area contributed by atoms with Crippen LogP contribution in [0.2, 0.25) is 0 Å². The predicted octanol–water partition coefficient (Wildman–Crippen LogP) is 4.07. The Hall–Kier alpha value is -2.99. The number of nitrogens with one attached hydrogen (secondary N) is 1. The van der Waals surface area contributed by atoms with Crippen molar-refractivity contribution in [3.05, 3.63) is 65.5 Å². The van der Waals surface area contributed by atoms with E-state index < -0.39 is 0 Å². The zero-order chi connectivity index (χ0) is 19.3. The Morgan fingerprint density at radius 1 is 1.04 bits per heavy atom. The third kappa shape index (κ3) is 3.97. The Morgan fingerprint density at radius 2 is 1.82 bits per heavy atom. The number of benzene rings is 2. The van der Waals surface area contributed by atoms with Crippen LogP contribution in [0.25, 0.3) is 11.4 Å². The number of hydrogen-bond donors (Lipinski definition) is 1. The number of hydrogen-bond acceptors (Lipinski definition) is 4. The van der Waals surface area contributed by atoms with Crippen LogP contribution in [-0.4, -0.2) is 27.8 Å². The van der Waals surface area contributed by atoms with Crippen LogP contribution in [0.5, 0.6) is 0 Å². The van der Waals surface area contributed by atoms with Crippen molar-refractivity contribution in [2.45, 2.75) is 38.8 Å². The quantitative estimate of drug-likeness (QED) is 0.729. The van der Waals surface area contributed by atoms with E-state index in [1.807, 2.05) is 48.5 Å². The van der Waals surface area contributed by atoms with Crippen LogP contribution in [0.4, 0.5) is 5.69 Å². The molecule has 144 valence electrons. The Labute approximate surface area is 164 Å². The van der Waals surface area contributed by atoms with Crippen LogP contribution >= 0.6 is 0 Å². The van der Waals surface area contributed by atoms with Crippen molar-refractivity contribution in [3.63, 3.8) is 0 Å². The van der Waals surface area contributed by atoms with Crippen molar-refractivity contribution in [3.8, 4) is 11.4 Å². The first kappa shape index (κ1) is 18.4. The molecule has 0 saturated heterocycles. The molecule has 1 amide bonds. The Bertz CT molecular complexity index is 946. The molecule has 0 aliphatic carbocycles. The number of aromatic nitrogens is 3. The second kappa shape index (κ2) is 8.35. The number of anilines is 1. The minimum absolute atomic E-state index is 0.131. The second-order valence-corrected chi connectivity index (χ2v) is 7.06. The summed E-state index contributed by atoms with van der Waals surface area (Å²) in [6.45, 7) is 1.50. The SMILES string of the molecule is COCc1ccc(C(=O)Nc2ccc(-c3nnc4n3CCCCC4)cc2)cc1. The van der Waals surface area contributed by atoms with E-state index in [1.54, 1.807) is 7.11 Å². The highest BCUT2D eigenvalue weighted by atomic mass is 16.5. The largest absolute Gasteiger partial charge is 0.380 e. The highest BCUT2D eigenvalue weighted by Gasteiger charge is 2.16. The van der Waals surface area contributed by atoms with Gasteiger partial charge in [0.25, 0.3) is 5.91 Å². The number of carbonyl (C=O) groups is 1. The van der Waals surface area contributed by atoms with E-state index in [2.05, 4.69) is 20.1 Å². The molecule has 28 heavy (non-hydrogen) atoms. The van der Waals surface area contributed by atoms with Gasteiger partial charge in [-0.05, 0) is 54.8 Å². The summed E-state index contributed by atoms with van der Waals surface area (Å²) in [6, 6.07) is 15.2. The lowest BCUT2D eigenvalue weighted by Gasteiger charge is -2.09. The Kier molecular flexibility index (Phi) is 5.48. The third-order valence-electron chi connectivity index (χ3n) is 5.04. The lowest BCUT2D eigenvalue weighted by atomic mass is 10.1. The predicted molar refractivity (Wildman–Crippen MR) is 108 cm³/mol. The molecule has 6 nitrogen and oxygen atoms in total. The maximum Gasteiger partial charge on any atom is 0.255 e. The molecular weight excluding hydrogens is 352 g/mol. The van der Waals surface area contributed by atoms with E-state index in [0.29, 0.717) is 12.2 Å². The Balaban J connectivity index is 1.46. The van der Waals surface area contributed by atoms with E-state index in [-0.39, 0.29) is 5.91 Å². The van der Waals surface area contributed by atoms with Gasteiger partial charge in [0.2, 0.25) is 0 Å². The highest BCUT2D eigenvalue weighted by molar-refractivity contribution is 6.04. The molecule has 3 aromatic rings. The molecular formula is C22H24N4O2. The highest BCUT2D eigenvalue weighted by Crippen LogP contribution is 2.24. The molecule has 1 aliphatic rings. The molecule has 4 rings (SSSR count). The van der Waals surface area contributed by atoms with Crippen molar-refractivity contribution >= 4 is 11.6 Å². The van der Waals surface area contributed by atoms with Gasteiger partial charge in [0.15, 0.2) is 5.82 Å². The van der Waals surface area contributed by atoms with Crippen LogP contribution < -0.4 is 5.32 Å². The van der Waals surface area contributed by atoms with Crippen molar-refractivity contribution in [2.24, 2.45) is 0 Å². The second-order valence-electron chi connectivity index (χ2n) is 7.06. The molecule has 0 fully saturated rings. The zero-order valence-corrected chi connectivity index (χ0v) is 16.0. The summed E-state index contributed by atoms with van der Waals surface area (Å²) in [5.41, 5.74) is 3.43. The summed E-state index contributed by atoms with van der Waals surface area (Å²) < 4.78 is 7.32. The van der Waals surface area contributed by atoms with E-state index in [9.17, 15) is 4.79 Å². The first-order valence-corrected chi connectivity index (χ1v) is 9.66. The fourth-order valence-corrected chi connectivity index (χ4v) is 3.52. The molecule has 0 radical (unpaired) electrons. The van der Waals surface area contributed by atoms with Gasteiger partial charge in [-0.15, -0.1) is 10.2 Å². The van der Waals surface area contributed by atoms with Gasteiger partial charge in [-0.1, -0.05) is 18.6 Å². The van der Waals surface area contributed by atoms with E-state index in [0.717, 1.165) is 47.8 Å². The number of ether oxygens (including phenoxy) is 1. The first-order valence-electron chi connectivity index (χ1n) is 9.66. The van der Waals surface area contributed by atoms with Crippen LogP contribution in [0, 0.1) is 0 Å². The van der Waals surface area contributed by atoms with Crippen molar-refractivity contribution < 1.29 is 9.53 Å². The smallest absolute Gasteiger partial charge is 0.255 e. The summed E-state index contributed by atoms with van der Waals surface area (Å²) in [6.07, 6.45) is 4.56. The van der Waals surface area contributed by atoms with Gasteiger partial charge in [0.1, 0.15) is 5.82 Å². The normalized spacial score (nSPS) is 13.6. The molecule has 1 N–H and O–H groups in total. The van der Waals surface area contributed by atoms with Gasteiger partial charge in [0.05, 0.1) is 6.61 Å². The molecule has 1 aromatic heterocycles. The standard InChI is InChI=1S/C22H24N4O2/c1-28-15-16-6-8-18(9-7-16)22(27)23-19-12-10-17(11-13-19)21-25-24-20-5-3-2-4-14-26(20)21/h6-13H,2-5,14-15H2,1H3,(H,23,27). The molecule has 0 unspecified atom stereocenters. The van der Waals surface area contributed by atoms with E-state index in [1.165, 1.54) is 12.8 Å². The topological polar surface area (TPSA) is 69.0 Å². The summed E-state index contributed by atoms with van der Waals surface area (Å²) in [4.78, 5) is 12.5. The number of aryl methyl sites for hydroxylation is 1. The molecule has 2 aromatic carbocycles. The molecule has 0 bridgehead atoms. The average molecular weight is 376 g/mol. The summed E-state index contributed by atoms with van der Waals surface area (Å²) in [7, 11) is 1.65. The van der Waals surface area contributed by atoms with Crippen molar-refractivity contribution in [2.75, 3.05) is 12.4 Å². The molecule has 0 saturated carbocycles. The van der Waals surface area contributed by atoms with Crippen LogP contribution in [0.15, 0.2) is 48.5 Å². The lowest BCUT2D eigenvalue weighted by Crippen LogP contribution is -2.11. The fraction of sp³-hybridized carbons (Fsp3) is 0.318. The number of fused-ring (bicyclic) bond motifs is 1. The fourth-order valence-electron chi connectivity index (χ4n) is 3.52. The number of carbonyl (C=O) groups excluding carboxylic acids is 1. The summed E-state index contributed by atoms with van der Waals surface area (Å²) >= 11 is 0. The minimum Gasteiger partial charge on any atom is -0.380 e. The molecule has 0 atom stereocenters. The van der Waals surface area contributed by atoms with Gasteiger partial charge < -0.3 is 14.6 Å². The van der Waals surface area contributed by atoms with E-state index in [4.69, 9.17) is 4.74 Å². The Morgan fingerprint density at radius 3 is 2.57 bits per heavy atom. The number of methoxy groups -OCH3 is 1. The minimum atomic E-state index is -0.131.